The number of aliphatic hydroxyl groups is 1. The van der Waals surface area contributed by atoms with E-state index in [1.54, 1.807) is 29.3 Å². The Morgan fingerprint density at radius 2 is 1.97 bits per heavy atom. The van der Waals surface area contributed by atoms with Gasteiger partial charge in [-0.1, -0.05) is 12.1 Å². The van der Waals surface area contributed by atoms with Gasteiger partial charge in [-0.2, -0.15) is 0 Å². The highest BCUT2D eigenvalue weighted by atomic mass is 16.5. The molecule has 2 heterocycles. The van der Waals surface area contributed by atoms with Crippen LogP contribution in [-0.4, -0.2) is 71.1 Å². The number of carbonyl (C=O) groups is 2. The lowest BCUT2D eigenvalue weighted by molar-refractivity contribution is -0.132. The van der Waals surface area contributed by atoms with E-state index in [0.29, 0.717) is 31.2 Å². The van der Waals surface area contributed by atoms with Gasteiger partial charge in [-0.15, -0.1) is 0 Å². The zero-order valence-electron chi connectivity index (χ0n) is 17.8. The van der Waals surface area contributed by atoms with E-state index >= 15 is 0 Å². The van der Waals surface area contributed by atoms with Gasteiger partial charge < -0.3 is 24.4 Å². The molecule has 2 aromatic rings. The number of para-hydroxylation sites is 2. The highest BCUT2D eigenvalue weighted by Crippen LogP contribution is 2.32. The van der Waals surface area contributed by atoms with Crippen molar-refractivity contribution in [2.45, 2.75) is 26.2 Å². The van der Waals surface area contributed by atoms with E-state index in [1.807, 2.05) is 25.1 Å². The number of rotatable bonds is 5. The van der Waals surface area contributed by atoms with Crippen LogP contribution in [0.3, 0.4) is 0 Å². The molecule has 8 nitrogen and oxygen atoms in total. The van der Waals surface area contributed by atoms with E-state index in [4.69, 9.17) is 9.47 Å². The molecule has 1 N–H and O–H groups in total. The number of nitrogens with zero attached hydrogens (tertiary/aromatic N) is 3. The third kappa shape index (κ3) is 5.95. The fourth-order valence-electron chi connectivity index (χ4n) is 3.42. The predicted molar refractivity (Wildman–Crippen MR) is 115 cm³/mol. The number of amides is 2. The average molecular weight is 428 g/mol. The van der Waals surface area contributed by atoms with Crippen molar-refractivity contribution < 1.29 is 24.2 Å². The minimum absolute atomic E-state index is 0.0614. The summed E-state index contributed by atoms with van der Waals surface area (Å²) in [5, 5.41) is 9.21. The molecule has 3 rings (SSSR count). The average Bonchev–Trinajstić information content (AvgIpc) is 2.80. The van der Waals surface area contributed by atoms with E-state index in [2.05, 4.69) is 4.98 Å². The first-order valence-corrected chi connectivity index (χ1v) is 10.7. The molecule has 0 spiro atoms. The van der Waals surface area contributed by atoms with Crippen LogP contribution in [0.2, 0.25) is 0 Å². The molecule has 1 aliphatic rings. The van der Waals surface area contributed by atoms with Gasteiger partial charge in [-0.05, 0) is 50.5 Å². The molecule has 1 aliphatic heterocycles. The summed E-state index contributed by atoms with van der Waals surface area (Å²) >= 11 is 0. The van der Waals surface area contributed by atoms with Crippen LogP contribution in [0.4, 0.5) is 0 Å². The Morgan fingerprint density at radius 3 is 2.74 bits per heavy atom. The van der Waals surface area contributed by atoms with Crippen LogP contribution < -0.4 is 9.47 Å². The smallest absolute Gasteiger partial charge is 0.259 e. The standard InChI is InChI=1S/C23H29N3O5/c1-2-25(14-15-27)21(28)17-26-13-6-3-7-16-30-19-10-4-5-11-20(19)31-22-18(23(26)29)9-8-12-24-22/h4-5,8-12,27H,2-3,6-7,13-17H2,1H3. The molecule has 0 atom stereocenters. The Labute approximate surface area is 182 Å². The van der Waals surface area contributed by atoms with E-state index < -0.39 is 0 Å². The summed E-state index contributed by atoms with van der Waals surface area (Å²) in [6.45, 7) is 3.34. The summed E-state index contributed by atoms with van der Waals surface area (Å²) in [5.41, 5.74) is 0.287. The normalized spacial score (nSPS) is 14.6. The Bertz CT molecular complexity index is 889. The second-order valence-electron chi connectivity index (χ2n) is 7.24. The van der Waals surface area contributed by atoms with Gasteiger partial charge in [0.05, 0.1) is 13.2 Å². The first kappa shape index (κ1) is 22.6. The minimum atomic E-state index is -0.311. The molecule has 31 heavy (non-hydrogen) atoms. The molecule has 0 saturated carbocycles. The fraction of sp³-hybridized carbons (Fsp3) is 0.435. The first-order valence-electron chi connectivity index (χ1n) is 10.7. The van der Waals surface area contributed by atoms with Crippen LogP contribution in [0.1, 0.15) is 36.5 Å². The lowest BCUT2D eigenvalue weighted by atomic mass is 10.2. The molecule has 0 aliphatic carbocycles. The molecule has 166 valence electrons. The number of pyridine rings is 1. The number of aromatic nitrogens is 1. The van der Waals surface area contributed by atoms with Crippen molar-refractivity contribution in [1.82, 2.24) is 14.8 Å². The van der Waals surface area contributed by atoms with Crippen LogP contribution in [-0.2, 0) is 4.79 Å². The van der Waals surface area contributed by atoms with E-state index in [-0.39, 0.29) is 43.0 Å². The number of aliphatic hydroxyl groups excluding tert-OH is 1. The lowest BCUT2D eigenvalue weighted by Gasteiger charge is -2.27. The number of hydrogen-bond acceptors (Lipinski definition) is 6. The van der Waals surface area contributed by atoms with E-state index in [0.717, 1.165) is 19.3 Å². The minimum Gasteiger partial charge on any atom is -0.490 e. The molecule has 8 heteroatoms. The summed E-state index contributed by atoms with van der Waals surface area (Å²) in [6.07, 6.45) is 3.98. The zero-order chi connectivity index (χ0) is 22.1. The van der Waals surface area contributed by atoms with Crippen LogP contribution in [0, 0.1) is 0 Å². The maximum atomic E-state index is 13.4. The van der Waals surface area contributed by atoms with Crippen LogP contribution in [0.5, 0.6) is 17.4 Å². The number of fused-ring (bicyclic) bond motifs is 2. The Hall–Kier alpha value is -3.13. The highest BCUT2D eigenvalue weighted by molar-refractivity contribution is 5.98. The van der Waals surface area contributed by atoms with Gasteiger partial charge in [0.25, 0.3) is 5.91 Å². The molecular weight excluding hydrogens is 398 g/mol. The maximum Gasteiger partial charge on any atom is 0.259 e. The van der Waals surface area contributed by atoms with Gasteiger partial charge in [-0.25, -0.2) is 4.98 Å². The van der Waals surface area contributed by atoms with Crippen molar-refractivity contribution in [3.63, 3.8) is 0 Å². The van der Waals surface area contributed by atoms with Gasteiger partial charge in [0.2, 0.25) is 11.8 Å². The molecule has 0 saturated heterocycles. The SMILES string of the molecule is CCN(CCO)C(=O)CN1CCCCCOc2ccccc2Oc2ncccc2C1=O. The number of benzene rings is 1. The van der Waals surface area contributed by atoms with Crippen molar-refractivity contribution in [2.24, 2.45) is 0 Å². The quantitative estimate of drug-likeness (QED) is 0.789. The first-order chi connectivity index (χ1) is 15.1. The third-order valence-electron chi connectivity index (χ3n) is 5.10. The number of ether oxygens (including phenoxy) is 2. The van der Waals surface area contributed by atoms with Gasteiger partial charge >= 0.3 is 0 Å². The summed E-state index contributed by atoms with van der Waals surface area (Å²) in [7, 11) is 0. The summed E-state index contributed by atoms with van der Waals surface area (Å²) in [6, 6.07) is 10.6. The van der Waals surface area contributed by atoms with Gasteiger partial charge in [-0.3, -0.25) is 9.59 Å². The molecule has 0 fully saturated rings. The topological polar surface area (TPSA) is 92.2 Å². The number of likely N-dealkylation sites (N-methyl/N-ethyl adjacent to an activating group) is 1. The highest BCUT2D eigenvalue weighted by Gasteiger charge is 2.25. The molecule has 2 amide bonds. The van der Waals surface area contributed by atoms with Crippen LogP contribution in [0.25, 0.3) is 0 Å². The largest absolute Gasteiger partial charge is 0.490 e. The second-order valence-corrected chi connectivity index (χ2v) is 7.24. The van der Waals surface area contributed by atoms with Crippen molar-refractivity contribution in [3.05, 3.63) is 48.2 Å². The molecule has 0 bridgehead atoms. The lowest BCUT2D eigenvalue weighted by Crippen LogP contribution is -2.44. The Kier molecular flexibility index (Phi) is 8.23. The van der Waals surface area contributed by atoms with Gasteiger partial charge in [0.1, 0.15) is 12.1 Å². The predicted octanol–water partition coefficient (Wildman–Crippen LogP) is 2.72. The third-order valence-corrected chi connectivity index (χ3v) is 5.10. The molecular formula is C23H29N3O5. The van der Waals surface area contributed by atoms with E-state index in [1.165, 1.54) is 4.90 Å². The van der Waals surface area contributed by atoms with Gasteiger partial charge in [0.15, 0.2) is 11.5 Å². The summed E-state index contributed by atoms with van der Waals surface area (Å²) in [5.74, 6) is 0.740. The molecule has 1 aromatic carbocycles. The van der Waals surface area contributed by atoms with Gasteiger partial charge in [0, 0.05) is 25.8 Å². The summed E-state index contributed by atoms with van der Waals surface area (Å²) in [4.78, 5) is 33.5. The number of hydrogen-bond donors (Lipinski definition) is 1. The molecule has 1 aromatic heterocycles. The Balaban J connectivity index is 1.90. The monoisotopic (exact) mass is 427 g/mol. The van der Waals surface area contributed by atoms with Crippen LogP contribution >= 0.6 is 0 Å². The zero-order valence-corrected chi connectivity index (χ0v) is 17.8. The maximum absolute atomic E-state index is 13.4. The van der Waals surface area contributed by atoms with Crippen molar-refractivity contribution in [1.29, 1.82) is 0 Å². The second kappa shape index (κ2) is 11.3. The van der Waals surface area contributed by atoms with Crippen molar-refractivity contribution in [2.75, 3.05) is 39.4 Å². The number of carbonyl (C=O) groups excluding carboxylic acids is 2. The Morgan fingerprint density at radius 1 is 1.16 bits per heavy atom. The fourth-order valence-corrected chi connectivity index (χ4v) is 3.42. The molecule has 0 unspecified atom stereocenters. The van der Waals surface area contributed by atoms with Crippen molar-refractivity contribution in [3.8, 4) is 17.4 Å². The van der Waals surface area contributed by atoms with E-state index in [9.17, 15) is 14.7 Å². The van der Waals surface area contributed by atoms with Crippen molar-refractivity contribution >= 4 is 11.8 Å². The van der Waals surface area contributed by atoms with Crippen LogP contribution in [0.15, 0.2) is 42.6 Å². The summed E-state index contributed by atoms with van der Waals surface area (Å²) < 4.78 is 11.8. The molecule has 0 radical (unpaired) electrons.